The minimum atomic E-state index is -3.93. The number of anilines is 1. The van der Waals surface area contributed by atoms with E-state index in [4.69, 9.17) is 16.3 Å². The van der Waals surface area contributed by atoms with Crippen LogP contribution in [0.25, 0.3) is 0 Å². The fraction of sp³-hybridized carbons (Fsp3) is 0.458. The highest BCUT2D eigenvalue weighted by Gasteiger charge is 2.44. The molecule has 2 aromatic rings. The lowest BCUT2D eigenvalue weighted by molar-refractivity contribution is 0.0602. The number of aryl methyl sites for hydroxylation is 1. The third-order valence-electron chi connectivity index (χ3n) is 6.08. The number of pyridine rings is 1. The Morgan fingerprint density at radius 1 is 1.36 bits per heavy atom. The van der Waals surface area contributed by atoms with Crippen molar-refractivity contribution in [2.24, 2.45) is 4.99 Å². The number of hydrogen-bond acceptors (Lipinski definition) is 6. The first-order valence-electron chi connectivity index (χ1n) is 11.4. The van der Waals surface area contributed by atoms with E-state index in [9.17, 15) is 13.2 Å². The summed E-state index contributed by atoms with van der Waals surface area (Å²) < 4.78 is 47.2. The van der Waals surface area contributed by atoms with Crippen LogP contribution in [-0.2, 0) is 26.7 Å². The van der Waals surface area contributed by atoms with Crippen LogP contribution in [0.15, 0.2) is 35.5 Å². The highest BCUT2D eigenvalue weighted by atomic mass is 35.5. The summed E-state index contributed by atoms with van der Waals surface area (Å²) in [6.07, 6.45) is 2.23. The number of aliphatic imine (C=N–C) groups is 1. The van der Waals surface area contributed by atoms with Gasteiger partial charge in [-0.3, -0.25) is 4.98 Å². The van der Waals surface area contributed by atoms with Crippen molar-refractivity contribution < 1.29 is 22.3 Å². The maximum atomic E-state index is 15.1. The molecule has 1 saturated heterocycles. The number of hydrogen-bond donors (Lipinski definition) is 2. The molecule has 0 bridgehead atoms. The number of guanidine groups is 1. The maximum absolute atomic E-state index is 15.1. The van der Waals surface area contributed by atoms with Gasteiger partial charge in [0.1, 0.15) is 11.4 Å². The average molecular weight is 538 g/mol. The molecule has 2 heterocycles. The summed E-state index contributed by atoms with van der Waals surface area (Å²) in [5.74, 6) is -1.29. The lowest BCUT2D eigenvalue weighted by Gasteiger charge is -2.40. The molecule has 9 nitrogen and oxygen atoms in total. The molecule has 4 rings (SSSR count). The first-order chi connectivity index (χ1) is 16.7. The van der Waals surface area contributed by atoms with Crippen LogP contribution >= 0.6 is 11.6 Å². The smallest absolute Gasteiger partial charge is 0.437 e. The predicted octanol–water partition coefficient (Wildman–Crippen LogP) is 4.34. The van der Waals surface area contributed by atoms with Crippen molar-refractivity contribution in [2.45, 2.75) is 57.7 Å². The van der Waals surface area contributed by atoms with E-state index >= 15 is 4.39 Å². The Hall–Kier alpha value is -2.92. The van der Waals surface area contributed by atoms with E-state index in [0.717, 1.165) is 28.4 Å². The van der Waals surface area contributed by atoms with Crippen molar-refractivity contribution in [1.82, 2.24) is 14.6 Å². The van der Waals surface area contributed by atoms with Gasteiger partial charge >= 0.3 is 6.09 Å². The summed E-state index contributed by atoms with van der Waals surface area (Å²) in [6, 6.07) is 6.24. The van der Waals surface area contributed by atoms with Crippen LogP contribution < -0.4 is 10.6 Å². The minimum Gasteiger partial charge on any atom is -0.442 e. The maximum Gasteiger partial charge on any atom is 0.437 e. The van der Waals surface area contributed by atoms with Crippen molar-refractivity contribution in [2.75, 3.05) is 18.1 Å². The molecule has 36 heavy (non-hydrogen) atoms. The number of amides is 1. The largest absolute Gasteiger partial charge is 0.442 e. The number of carbonyl (C=O) groups is 1. The Balaban J connectivity index is 1.66. The lowest BCUT2D eigenvalue weighted by atomic mass is 9.92. The number of carbonyl (C=O) groups excluding carboxylic acids is 1. The average Bonchev–Trinajstić information content (AvgIpc) is 3.13. The van der Waals surface area contributed by atoms with E-state index < -0.39 is 38.8 Å². The zero-order chi connectivity index (χ0) is 26.5. The van der Waals surface area contributed by atoms with Crippen LogP contribution in [-0.4, -0.2) is 48.2 Å². The van der Waals surface area contributed by atoms with Crippen molar-refractivity contribution in [1.29, 1.82) is 0 Å². The molecular weight excluding hydrogens is 509 g/mol. The second-order valence-corrected chi connectivity index (χ2v) is 12.7. The Morgan fingerprint density at radius 2 is 2.08 bits per heavy atom. The first-order valence-corrected chi connectivity index (χ1v) is 13.4. The van der Waals surface area contributed by atoms with Crippen molar-refractivity contribution >= 4 is 39.4 Å². The molecule has 0 radical (unpaired) electrons. The van der Waals surface area contributed by atoms with E-state index in [2.05, 4.69) is 20.6 Å². The standard InChI is InChI=1S/C24H29ClFN5O4S/c1-23(2,3)35-22(32)29-21-30-24(4,13-36(33,34)31(21)5)17-11-15(6-7-18(17)26)28-20-9-8-19-16(20)10-14(25)12-27-19/h6-7,10-12,20,28H,8-9,13H2,1-5H3,(H,29,30,32)/t20-,24+/m1/s1. The van der Waals surface area contributed by atoms with Crippen LogP contribution in [0.3, 0.4) is 0 Å². The zero-order valence-electron chi connectivity index (χ0n) is 20.7. The van der Waals surface area contributed by atoms with E-state index in [1.54, 1.807) is 46.0 Å². The Morgan fingerprint density at radius 3 is 2.78 bits per heavy atom. The van der Waals surface area contributed by atoms with Crippen LogP contribution in [0.2, 0.25) is 5.02 Å². The normalized spacial score (nSPS) is 24.2. The van der Waals surface area contributed by atoms with Gasteiger partial charge in [0.2, 0.25) is 16.0 Å². The van der Waals surface area contributed by atoms with Crippen LogP contribution in [0, 0.1) is 5.82 Å². The molecule has 1 aliphatic carbocycles. The molecule has 1 fully saturated rings. The molecule has 1 aromatic heterocycles. The number of nitrogens with zero attached hydrogens (tertiary/aromatic N) is 3. The summed E-state index contributed by atoms with van der Waals surface area (Å²) in [5.41, 5.74) is 0.426. The van der Waals surface area contributed by atoms with E-state index in [0.29, 0.717) is 10.7 Å². The summed E-state index contributed by atoms with van der Waals surface area (Å²) in [7, 11) is -2.66. The second kappa shape index (κ2) is 9.19. The molecule has 1 aromatic carbocycles. The highest BCUT2D eigenvalue weighted by molar-refractivity contribution is 7.89. The summed E-state index contributed by atoms with van der Waals surface area (Å²) in [5, 5.41) is 6.88. The quantitative estimate of drug-likeness (QED) is 0.598. The van der Waals surface area contributed by atoms with Gasteiger partial charge in [0.15, 0.2) is 0 Å². The molecule has 2 aliphatic rings. The predicted molar refractivity (Wildman–Crippen MR) is 136 cm³/mol. The third kappa shape index (κ3) is 5.41. The van der Waals surface area contributed by atoms with Gasteiger partial charge in [0, 0.05) is 30.2 Å². The molecule has 12 heteroatoms. The molecule has 0 spiro atoms. The van der Waals surface area contributed by atoms with Gasteiger partial charge in [0.05, 0.1) is 22.4 Å². The molecule has 194 valence electrons. The number of fused-ring (bicyclic) bond motifs is 1. The molecule has 1 aliphatic heterocycles. The number of aromatic nitrogens is 1. The fourth-order valence-corrected chi connectivity index (χ4v) is 6.06. The van der Waals surface area contributed by atoms with Crippen LogP contribution in [0.5, 0.6) is 0 Å². The van der Waals surface area contributed by atoms with Gasteiger partial charge in [-0.2, -0.15) is 0 Å². The van der Waals surface area contributed by atoms with Crippen molar-refractivity contribution in [3.8, 4) is 0 Å². The Kier molecular flexibility index (Phi) is 6.67. The molecule has 2 N–H and O–H groups in total. The number of rotatable bonds is 3. The third-order valence-corrected chi connectivity index (χ3v) is 8.24. The number of ether oxygens (including phenoxy) is 1. The lowest BCUT2D eigenvalue weighted by Crippen LogP contribution is -2.61. The van der Waals surface area contributed by atoms with Gasteiger partial charge < -0.3 is 15.4 Å². The first kappa shape index (κ1) is 26.2. The second-order valence-electron chi connectivity index (χ2n) is 10.2. The number of halogens is 2. The number of nitrogens with one attached hydrogen (secondary N) is 2. The number of benzene rings is 1. The van der Waals surface area contributed by atoms with Gasteiger partial charge in [-0.1, -0.05) is 11.6 Å². The van der Waals surface area contributed by atoms with Gasteiger partial charge in [-0.05, 0) is 70.4 Å². The van der Waals surface area contributed by atoms with E-state index in [1.807, 2.05) is 6.07 Å². The fourth-order valence-electron chi connectivity index (χ4n) is 4.39. The molecule has 1 amide bonds. The van der Waals surface area contributed by atoms with E-state index in [1.165, 1.54) is 13.1 Å². The topological polar surface area (TPSA) is 113 Å². The van der Waals surface area contributed by atoms with Crippen molar-refractivity contribution in [3.05, 3.63) is 58.1 Å². The van der Waals surface area contributed by atoms with E-state index in [-0.39, 0.29) is 17.6 Å². The number of sulfonamides is 1. The molecule has 2 atom stereocenters. The summed E-state index contributed by atoms with van der Waals surface area (Å²) in [6.45, 7) is 6.57. The Bertz CT molecular complexity index is 1340. The monoisotopic (exact) mass is 537 g/mol. The van der Waals surface area contributed by atoms with Crippen molar-refractivity contribution in [3.63, 3.8) is 0 Å². The Labute approximate surface area is 215 Å². The summed E-state index contributed by atoms with van der Waals surface area (Å²) >= 11 is 6.13. The molecular formula is C24H29ClFN5O4S. The molecule has 0 unspecified atom stereocenters. The SMILES string of the molecule is CN1/C(=N\C(=O)OC(C)(C)C)N[C@](C)(c2cc(N[C@@H]3CCc4ncc(Cl)cc43)ccc2F)CS1(=O)=O. The van der Waals surface area contributed by atoms with Crippen LogP contribution in [0.4, 0.5) is 14.9 Å². The van der Waals surface area contributed by atoms with Crippen LogP contribution in [0.1, 0.15) is 57.0 Å². The van der Waals surface area contributed by atoms with Gasteiger partial charge in [0.25, 0.3) is 0 Å². The molecule has 0 saturated carbocycles. The summed E-state index contributed by atoms with van der Waals surface area (Å²) in [4.78, 5) is 20.5. The highest BCUT2D eigenvalue weighted by Crippen LogP contribution is 2.36. The van der Waals surface area contributed by atoms with Gasteiger partial charge in [-0.15, -0.1) is 4.99 Å². The minimum absolute atomic E-state index is 0.0733. The van der Waals surface area contributed by atoms with Gasteiger partial charge in [-0.25, -0.2) is 21.9 Å². The zero-order valence-corrected chi connectivity index (χ0v) is 22.3.